The summed E-state index contributed by atoms with van der Waals surface area (Å²) >= 11 is 0. The predicted molar refractivity (Wildman–Crippen MR) is 64.4 cm³/mol. The van der Waals surface area contributed by atoms with Gasteiger partial charge in [-0.2, -0.15) is 5.26 Å². The van der Waals surface area contributed by atoms with Crippen molar-refractivity contribution in [2.75, 3.05) is 20.7 Å². The van der Waals surface area contributed by atoms with Crippen molar-refractivity contribution in [3.05, 3.63) is 28.8 Å². The third kappa shape index (κ3) is 2.90. The first-order valence-electron chi connectivity index (χ1n) is 5.33. The quantitative estimate of drug-likeness (QED) is 0.574. The maximum absolute atomic E-state index is 8.67. The third-order valence-electron chi connectivity index (χ3n) is 2.74. The molecule has 0 radical (unpaired) electrons. The van der Waals surface area contributed by atoms with E-state index in [-0.39, 0.29) is 0 Å². The lowest BCUT2D eigenvalue weighted by Crippen LogP contribution is -2.15. The van der Waals surface area contributed by atoms with Gasteiger partial charge in [-0.15, -0.1) is 0 Å². The molecule has 0 spiro atoms. The van der Waals surface area contributed by atoms with Gasteiger partial charge in [0.15, 0.2) is 6.19 Å². The first-order chi connectivity index (χ1) is 7.58. The van der Waals surface area contributed by atoms with Gasteiger partial charge in [0.25, 0.3) is 0 Å². The molecule has 0 amide bonds. The molecule has 0 bridgehead atoms. The summed E-state index contributed by atoms with van der Waals surface area (Å²) in [4.78, 5) is 1.64. The van der Waals surface area contributed by atoms with E-state index in [4.69, 9.17) is 10.00 Å². The summed E-state index contributed by atoms with van der Waals surface area (Å²) in [5.41, 5.74) is 3.64. The fourth-order valence-electron chi connectivity index (χ4n) is 1.68. The molecule has 0 saturated heterocycles. The van der Waals surface area contributed by atoms with Gasteiger partial charge in [-0.25, -0.2) is 0 Å². The monoisotopic (exact) mass is 218 g/mol. The molecule has 3 nitrogen and oxygen atoms in total. The molecule has 86 valence electrons. The second kappa shape index (κ2) is 5.41. The Morgan fingerprint density at radius 1 is 1.31 bits per heavy atom. The van der Waals surface area contributed by atoms with Crippen LogP contribution in [0.4, 0.5) is 0 Å². The van der Waals surface area contributed by atoms with Crippen molar-refractivity contribution in [2.24, 2.45) is 0 Å². The Kier molecular flexibility index (Phi) is 4.19. The van der Waals surface area contributed by atoms with Gasteiger partial charge >= 0.3 is 0 Å². The van der Waals surface area contributed by atoms with E-state index in [0.717, 1.165) is 24.3 Å². The second-order valence-corrected chi connectivity index (χ2v) is 4.02. The van der Waals surface area contributed by atoms with Gasteiger partial charge in [0.1, 0.15) is 5.75 Å². The summed E-state index contributed by atoms with van der Waals surface area (Å²) in [5.74, 6) is 0.926. The molecule has 1 aromatic carbocycles. The van der Waals surface area contributed by atoms with E-state index in [1.54, 1.807) is 19.1 Å². The van der Waals surface area contributed by atoms with Crippen LogP contribution in [-0.4, -0.2) is 25.6 Å². The Balaban J connectivity index is 2.82. The van der Waals surface area contributed by atoms with Crippen LogP contribution in [0.1, 0.15) is 16.7 Å². The summed E-state index contributed by atoms with van der Waals surface area (Å²) in [7, 11) is 3.48. The molecular weight excluding hydrogens is 200 g/mol. The number of likely N-dealkylation sites (N-methyl/N-ethyl adjacent to an activating group) is 1. The van der Waals surface area contributed by atoms with Gasteiger partial charge in [-0.05, 0) is 43.0 Å². The van der Waals surface area contributed by atoms with E-state index >= 15 is 0 Å². The number of nitrogens with zero attached hydrogens (tertiary/aromatic N) is 2. The highest BCUT2D eigenvalue weighted by atomic mass is 16.5. The van der Waals surface area contributed by atoms with Crippen LogP contribution in [0.15, 0.2) is 12.1 Å². The zero-order valence-electron chi connectivity index (χ0n) is 10.4. The second-order valence-electron chi connectivity index (χ2n) is 4.02. The Morgan fingerprint density at radius 3 is 2.56 bits per heavy atom. The van der Waals surface area contributed by atoms with Gasteiger partial charge in [0, 0.05) is 13.6 Å². The van der Waals surface area contributed by atoms with Crippen LogP contribution in [0.5, 0.6) is 5.75 Å². The maximum Gasteiger partial charge on any atom is 0.179 e. The number of ether oxygens (including phenoxy) is 1. The maximum atomic E-state index is 8.67. The van der Waals surface area contributed by atoms with Crippen LogP contribution in [-0.2, 0) is 6.42 Å². The average molecular weight is 218 g/mol. The topological polar surface area (TPSA) is 36.3 Å². The average Bonchev–Trinajstić information content (AvgIpc) is 2.29. The van der Waals surface area contributed by atoms with Gasteiger partial charge < -0.3 is 9.64 Å². The van der Waals surface area contributed by atoms with Crippen molar-refractivity contribution in [1.29, 1.82) is 5.26 Å². The van der Waals surface area contributed by atoms with E-state index in [9.17, 15) is 0 Å². The number of nitriles is 1. The van der Waals surface area contributed by atoms with Crippen molar-refractivity contribution in [2.45, 2.75) is 20.3 Å². The van der Waals surface area contributed by atoms with Gasteiger partial charge in [0.05, 0.1) is 7.11 Å². The standard InChI is InChI=1S/C13H18N2O/c1-10-8-13(16-4)11(2)7-12(10)5-6-15(3)9-14/h7-8H,5-6H2,1-4H3. The minimum absolute atomic E-state index is 0.753. The first-order valence-corrected chi connectivity index (χ1v) is 5.33. The summed E-state index contributed by atoms with van der Waals surface area (Å²) in [6, 6.07) is 4.19. The normalized spacial score (nSPS) is 9.69. The minimum atomic E-state index is 0.753. The van der Waals surface area contributed by atoms with Crippen molar-refractivity contribution in [3.8, 4) is 11.9 Å². The van der Waals surface area contributed by atoms with Crippen molar-refractivity contribution in [1.82, 2.24) is 4.90 Å². The minimum Gasteiger partial charge on any atom is -0.496 e. The zero-order valence-corrected chi connectivity index (χ0v) is 10.4. The van der Waals surface area contributed by atoms with Gasteiger partial charge in [-0.3, -0.25) is 0 Å². The molecule has 0 N–H and O–H groups in total. The van der Waals surface area contributed by atoms with Gasteiger partial charge in [-0.1, -0.05) is 6.07 Å². The Hall–Kier alpha value is -1.69. The molecule has 0 heterocycles. The predicted octanol–water partition coefficient (Wildman–Crippen LogP) is 2.27. The summed E-state index contributed by atoms with van der Waals surface area (Å²) in [5, 5.41) is 8.67. The molecule has 1 aromatic rings. The van der Waals surface area contributed by atoms with Crippen LogP contribution < -0.4 is 4.74 Å². The molecule has 0 fully saturated rings. The molecule has 3 heteroatoms. The summed E-state index contributed by atoms with van der Waals surface area (Å²) < 4.78 is 5.26. The number of hydrogen-bond donors (Lipinski definition) is 0. The summed E-state index contributed by atoms with van der Waals surface area (Å²) in [6.07, 6.45) is 2.99. The molecule has 0 aliphatic heterocycles. The van der Waals surface area contributed by atoms with E-state index in [1.165, 1.54) is 11.1 Å². The Morgan fingerprint density at radius 2 is 2.00 bits per heavy atom. The highest BCUT2D eigenvalue weighted by molar-refractivity contribution is 5.41. The molecule has 0 saturated carbocycles. The fourth-order valence-corrected chi connectivity index (χ4v) is 1.68. The van der Waals surface area contributed by atoms with Crippen LogP contribution in [0.3, 0.4) is 0 Å². The van der Waals surface area contributed by atoms with Crippen molar-refractivity contribution < 1.29 is 4.74 Å². The Labute approximate surface area is 97.3 Å². The number of benzene rings is 1. The zero-order chi connectivity index (χ0) is 12.1. The largest absolute Gasteiger partial charge is 0.496 e. The van der Waals surface area contributed by atoms with E-state index in [0.29, 0.717) is 0 Å². The number of hydrogen-bond acceptors (Lipinski definition) is 3. The molecule has 0 aliphatic carbocycles. The Bertz CT molecular complexity index is 407. The molecular formula is C13H18N2O. The lowest BCUT2D eigenvalue weighted by Gasteiger charge is -2.13. The van der Waals surface area contributed by atoms with E-state index in [2.05, 4.69) is 25.2 Å². The molecule has 1 rings (SSSR count). The van der Waals surface area contributed by atoms with Crippen LogP contribution >= 0.6 is 0 Å². The molecule has 0 unspecified atom stereocenters. The number of rotatable bonds is 4. The summed E-state index contributed by atoms with van der Waals surface area (Å²) in [6.45, 7) is 4.86. The van der Waals surface area contributed by atoms with E-state index < -0.39 is 0 Å². The lowest BCUT2D eigenvalue weighted by atomic mass is 10.0. The molecule has 0 atom stereocenters. The van der Waals surface area contributed by atoms with Crippen LogP contribution in [0.2, 0.25) is 0 Å². The van der Waals surface area contributed by atoms with Crippen molar-refractivity contribution >= 4 is 0 Å². The first kappa shape index (κ1) is 12.4. The van der Waals surface area contributed by atoms with Gasteiger partial charge in [0.2, 0.25) is 0 Å². The number of aryl methyl sites for hydroxylation is 2. The SMILES string of the molecule is COc1cc(C)c(CCN(C)C#N)cc1C. The molecule has 16 heavy (non-hydrogen) atoms. The fraction of sp³-hybridized carbons (Fsp3) is 0.462. The van der Waals surface area contributed by atoms with E-state index in [1.807, 2.05) is 6.92 Å². The third-order valence-corrected chi connectivity index (χ3v) is 2.74. The highest BCUT2D eigenvalue weighted by Crippen LogP contribution is 2.22. The smallest absolute Gasteiger partial charge is 0.179 e. The highest BCUT2D eigenvalue weighted by Gasteiger charge is 2.05. The molecule has 0 aromatic heterocycles. The van der Waals surface area contributed by atoms with Crippen molar-refractivity contribution in [3.63, 3.8) is 0 Å². The number of methoxy groups -OCH3 is 1. The lowest BCUT2D eigenvalue weighted by molar-refractivity contribution is 0.411. The van der Waals surface area contributed by atoms with Crippen LogP contribution in [0.25, 0.3) is 0 Å². The van der Waals surface area contributed by atoms with Crippen LogP contribution in [0, 0.1) is 25.3 Å². The molecule has 0 aliphatic rings.